The molecule has 2 atom stereocenters. The highest BCUT2D eigenvalue weighted by molar-refractivity contribution is 5.95. The molecule has 0 aliphatic carbocycles. The summed E-state index contributed by atoms with van der Waals surface area (Å²) in [4.78, 5) is 64.7. The molecule has 1 unspecified atom stereocenters. The number of carbonyl (C=O) groups excluding carboxylic acids is 5. The first-order valence-electron chi connectivity index (χ1n) is 13.6. The number of ether oxygens (including phenoxy) is 3. The van der Waals surface area contributed by atoms with E-state index < -0.39 is 54.3 Å². The van der Waals surface area contributed by atoms with Gasteiger partial charge in [0.1, 0.15) is 6.04 Å². The molecular formula is C26H46N4O9. The molecule has 0 aromatic carbocycles. The van der Waals surface area contributed by atoms with E-state index in [1.807, 2.05) is 0 Å². The summed E-state index contributed by atoms with van der Waals surface area (Å²) >= 11 is 0. The molecule has 0 aromatic rings. The minimum atomic E-state index is -2.71. The van der Waals surface area contributed by atoms with Gasteiger partial charge in [0, 0.05) is 13.0 Å². The minimum Gasteiger partial charge on any atom is -0.464 e. The topological polar surface area (TPSA) is 224 Å². The third kappa shape index (κ3) is 18.0. The second kappa shape index (κ2) is 20.8. The molecule has 13 nitrogen and oxygen atoms in total. The zero-order valence-corrected chi connectivity index (χ0v) is 23.3. The quantitative estimate of drug-likeness (QED) is 0.0393. The van der Waals surface area contributed by atoms with Gasteiger partial charge in [0.25, 0.3) is 0 Å². The molecular weight excluding hydrogens is 512 g/mol. The van der Waals surface area contributed by atoms with E-state index >= 15 is 0 Å². The molecule has 0 saturated heterocycles. The minimum absolute atomic E-state index is 0.00295. The number of hydrogen-bond acceptors (Lipinski definition) is 11. The van der Waals surface area contributed by atoms with Crippen molar-refractivity contribution in [3.63, 3.8) is 0 Å². The van der Waals surface area contributed by atoms with Crippen LogP contribution >= 0.6 is 0 Å². The second-order valence-corrected chi connectivity index (χ2v) is 9.38. The van der Waals surface area contributed by atoms with Crippen LogP contribution < -0.4 is 17.2 Å². The van der Waals surface area contributed by atoms with E-state index in [0.717, 1.165) is 25.7 Å². The molecule has 0 saturated carbocycles. The Labute approximate surface area is 230 Å². The van der Waals surface area contributed by atoms with Gasteiger partial charge in [0.2, 0.25) is 0 Å². The van der Waals surface area contributed by atoms with Crippen LogP contribution in [0.15, 0.2) is 4.99 Å². The normalized spacial score (nSPS) is 13.0. The molecule has 0 aliphatic rings. The lowest BCUT2D eigenvalue weighted by Gasteiger charge is -2.23. The van der Waals surface area contributed by atoms with Crippen molar-refractivity contribution < 1.29 is 43.3 Å². The van der Waals surface area contributed by atoms with Gasteiger partial charge >= 0.3 is 29.8 Å². The molecule has 13 heteroatoms. The molecule has 0 bridgehead atoms. The van der Waals surface area contributed by atoms with E-state index in [4.69, 9.17) is 26.7 Å². The molecule has 0 fully saturated rings. The van der Waals surface area contributed by atoms with Gasteiger partial charge in [-0.2, -0.15) is 0 Å². The van der Waals surface area contributed by atoms with Crippen molar-refractivity contribution in [2.75, 3.05) is 13.2 Å². The van der Waals surface area contributed by atoms with Gasteiger partial charge in [-0.1, -0.05) is 58.3 Å². The largest absolute Gasteiger partial charge is 0.464 e. The molecule has 0 spiro atoms. The number of carbonyl (C=O) groups is 5. The average molecular weight is 559 g/mol. The fourth-order valence-electron chi connectivity index (χ4n) is 3.61. The summed E-state index contributed by atoms with van der Waals surface area (Å²) in [5, 5.41) is 10.7. The van der Waals surface area contributed by atoms with E-state index in [0.29, 0.717) is 12.8 Å². The molecule has 0 amide bonds. The number of rotatable bonds is 21. The van der Waals surface area contributed by atoms with Crippen molar-refractivity contribution in [1.82, 2.24) is 0 Å². The Hall–Kier alpha value is -3.06. The van der Waals surface area contributed by atoms with Gasteiger partial charge in [0.05, 0.1) is 19.4 Å². The molecule has 0 aromatic heterocycles. The smallest absolute Gasteiger partial charge is 0.339 e. The van der Waals surface area contributed by atoms with Crippen molar-refractivity contribution in [1.29, 1.82) is 0 Å². The van der Waals surface area contributed by atoms with Crippen LogP contribution in [0.4, 0.5) is 0 Å². The monoisotopic (exact) mass is 558 g/mol. The molecule has 7 N–H and O–H groups in total. The molecule has 0 aliphatic heterocycles. The Balaban J connectivity index is 4.70. The van der Waals surface area contributed by atoms with Crippen molar-refractivity contribution in [2.24, 2.45) is 22.2 Å². The lowest BCUT2D eigenvalue weighted by Crippen LogP contribution is -2.46. The third-order valence-corrected chi connectivity index (χ3v) is 5.73. The summed E-state index contributed by atoms with van der Waals surface area (Å²) in [6.45, 7) is 3.66. The number of nitrogens with zero attached hydrogens (tertiary/aromatic N) is 1. The van der Waals surface area contributed by atoms with Crippen LogP contribution in [0, 0.1) is 0 Å². The molecule has 0 radical (unpaired) electrons. The highest BCUT2D eigenvalue weighted by Gasteiger charge is 2.44. The number of aliphatic imine (C=N–C) groups is 1. The molecule has 39 heavy (non-hydrogen) atoms. The van der Waals surface area contributed by atoms with E-state index in [1.165, 1.54) is 32.6 Å². The van der Waals surface area contributed by atoms with Crippen molar-refractivity contribution >= 4 is 35.8 Å². The van der Waals surface area contributed by atoms with Crippen molar-refractivity contribution in [3.8, 4) is 0 Å². The lowest BCUT2D eigenvalue weighted by atomic mass is 9.95. The number of aliphatic hydroxyl groups is 1. The number of guanidine groups is 1. The fourth-order valence-corrected chi connectivity index (χ4v) is 3.61. The van der Waals surface area contributed by atoms with Crippen LogP contribution in [0.3, 0.4) is 0 Å². The predicted molar refractivity (Wildman–Crippen MR) is 143 cm³/mol. The summed E-state index contributed by atoms with van der Waals surface area (Å²) in [5.74, 6) is -5.87. The first-order chi connectivity index (χ1) is 18.4. The van der Waals surface area contributed by atoms with Gasteiger partial charge < -0.3 is 36.5 Å². The predicted octanol–water partition coefficient (Wildman–Crippen LogP) is 1.50. The summed E-state index contributed by atoms with van der Waals surface area (Å²) in [6.07, 6.45) is 7.66. The number of esters is 5. The van der Waals surface area contributed by atoms with E-state index in [2.05, 4.69) is 16.7 Å². The number of unbranched alkanes of at least 4 members (excludes halogenated alkanes) is 8. The highest BCUT2D eigenvalue weighted by Crippen LogP contribution is 2.21. The summed E-state index contributed by atoms with van der Waals surface area (Å²) < 4.78 is 14.1. The van der Waals surface area contributed by atoms with E-state index in [-0.39, 0.29) is 32.0 Å². The summed E-state index contributed by atoms with van der Waals surface area (Å²) in [5.41, 5.74) is 13.4. The number of nitrogens with two attached hydrogens (primary N) is 3. The zero-order valence-electron chi connectivity index (χ0n) is 23.3. The zero-order chi connectivity index (χ0) is 29.7. The maximum Gasteiger partial charge on any atom is 0.339 e. The van der Waals surface area contributed by atoms with E-state index in [1.54, 1.807) is 0 Å². The first kappa shape index (κ1) is 35.9. The molecule has 0 rings (SSSR count). The Morgan fingerprint density at radius 1 is 0.795 bits per heavy atom. The van der Waals surface area contributed by atoms with Crippen LogP contribution in [-0.4, -0.2) is 65.7 Å². The van der Waals surface area contributed by atoms with Crippen LogP contribution in [0.1, 0.15) is 104 Å². The first-order valence-corrected chi connectivity index (χ1v) is 13.6. The maximum absolute atomic E-state index is 12.3. The fraction of sp³-hybridized carbons (Fsp3) is 0.769. The van der Waals surface area contributed by atoms with Gasteiger partial charge in [-0.05, 0) is 26.2 Å². The summed E-state index contributed by atoms with van der Waals surface area (Å²) in [6, 6.07) is -1.19. The maximum atomic E-state index is 12.3. The van der Waals surface area contributed by atoms with Crippen LogP contribution in [-0.2, 0) is 38.2 Å². The Morgan fingerprint density at radius 3 is 1.87 bits per heavy atom. The van der Waals surface area contributed by atoms with E-state index in [9.17, 15) is 29.1 Å². The van der Waals surface area contributed by atoms with Crippen LogP contribution in [0.2, 0.25) is 0 Å². The molecule has 224 valence electrons. The number of hydrogen-bond donors (Lipinski definition) is 4. The third-order valence-electron chi connectivity index (χ3n) is 5.73. The average Bonchev–Trinajstić information content (AvgIpc) is 2.85. The summed E-state index contributed by atoms with van der Waals surface area (Å²) in [7, 11) is 0. The Kier molecular flexibility index (Phi) is 19.2. The van der Waals surface area contributed by atoms with Gasteiger partial charge in [0.15, 0.2) is 11.6 Å². The molecule has 0 heterocycles. The Bertz CT molecular complexity index is 815. The Morgan fingerprint density at radius 2 is 1.33 bits per heavy atom. The standard InChI is InChI=1S/C26H46N4O9/c1-3-5-6-7-8-9-10-11-12-15-20(31)38-21(32)17-26(36,24(35)37-4-2)18-22(33)39-23(34)19(27)14-13-16-30-25(28)29/h19,36H,3-18,27H2,1-2H3,(H4,28,29,30)/t19-,26?/m0/s1. The van der Waals surface area contributed by atoms with Crippen LogP contribution in [0.25, 0.3) is 0 Å². The van der Waals surface area contributed by atoms with Gasteiger partial charge in [-0.15, -0.1) is 0 Å². The lowest BCUT2D eigenvalue weighted by molar-refractivity contribution is -0.180. The SMILES string of the molecule is CCCCCCCCCCCC(=O)OC(=O)CC(O)(CC(=O)OC(=O)[C@@H](N)CCCN=C(N)N)C(=O)OCC. The second-order valence-electron chi connectivity index (χ2n) is 9.38. The van der Waals surface area contributed by atoms with Gasteiger partial charge in [-0.25, -0.2) is 9.59 Å². The van der Waals surface area contributed by atoms with Crippen molar-refractivity contribution in [2.45, 2.75) is 115 Å². The van der Waals surface area contributed by atoms with Crippen molar-refractivity contribution in [3.05, 3.63) is 0 Å². The van der Waals surface area contributed by atoms with Gasteiger partial charge in [-0.3, -0.25) is 19.4 Å². The highest BCUT2D eigenvalue weighted by atomic mass is 16.6. The van der Waals surface area contributed by atoms with Crippen LogP contribution in [0.5, 0.6) is 0 Å².